The Bertz CT molecular complexity index is 621. The zero-order valence-corrected chi connectivity index (χ0v) is 9.05. The van der Waals surface area contributed by atoms with Crippen LogP contribution in [0.2, 0.25) is 0 Å². The number of allylic oxidation sites excluding steroid dienone is 1. The van der Waals surface area contributed by atoms with Crippen molar-refractivity contribution < 1.29 is 4.52 Å². The second-order valence-corrected chi connectivity index (χ2v) is 3.90. The first-order valence-corrected chi connectivity index (χ1v) is 5.39. The molecule has 2 aromatic rings. The molecule has 4 heteroatoms. The van der Waals surface area contributed by atoms with Crippen LogP contribution in [0.3, 0.4) is 0 Å². The Morgan fingerprint density at radius 1 is 1.35 bits per heavy atom. The molecule has 0 spiro atoms. The summed E-state index contributed by atoms with van der Waals surface area (Å²) in [5.41, 5.74) is 3.95. The number of benzene rings is 1. The lowest BCUT2D eigenvalue weighted by atomic mass is 9.89. The Hall–Kier alpha value is -2.41. The van der Waals surface area contributed by atoms with Gasteiger partial charge in [-0.15, -0.1) is 0 Å². The van der Waals surface area contributed by atoms with Crippen LogP contribution in [0.25, 0.3) is 5.57 Å². The molecule has 0 atom stereocenters. The average Bonchev–Trinajstić information content (AvgIpc) is 2.91. The fourth-order valence-corrected chi connectivity index (χ4v) is 2.12. The first-order chi connectivity index (χ1) is 8.38. The summed E-state index contributed by atoms with van der Waals surface area (Å²) >= 11 is 0. The van der Waals surface area contributed by atoms with Crippen LogP contribution in [0.4, 0.5) is 0 Å². The van der Waals surface area contributed by atoms with E-state index in [1.165, 1.54) is 12.0 Å². The van der Waals surface area contributed by atoms with Crippen molar-refractivity contribution >= 4 is 5.57 Å². The summed E-state index contributed by atoms with van der Waals surface area (Å²) in [7, 11) is 0. The van der Waals surface area contributed by atoms with Crippen molar-refractivity contribution in [3.8, 4) is 6.07 Å². The van der Waals surface area contributed by atoms with Gasteiger partial charge >= 0.3 is 0 Å². The summed E-state index contributed by atoms with van der Waals surface area (Å²) < 4.78 is 4.77. The zero-order chi connectivity index (χ0) is 11.7. The van der Waals surface area contributed by atoms with Gasteiger partial charge in [0, 0.05) is 5.57 Å². The van der Waals surface area contributed by atoms with E-state index in [9.17, 15) is 0 Å². The minimum absolute atomic E-state index is 0.607. The molecule has 1 aliphatic carbocycles. The standard InChI is InChI=1S/C13H9N3O/c14-7-9-4-5-11-10(6-9)2-1-3-12(11)13-15-8-17-16-13/h3-6,8H,1-2H2. The third-order valence-electron chi connectivity index (χ3n) is 2.89. The van der Waals surface area contributed by atoms with E-state index >= 15 is 0 Å². The van der Waals surface area contributed by atoms with Gasteiger partial charge in [0.2, 0.25) is 12.2 Å². The van der Waals surface area contributed by atoms with Crippen molar-refractivity contribution in [1.82, 2.24) is 10.1 Å². The van der Waals surface area contributed by atoms with E-state index in [0.29, 0.717) is 11.4 Å². The van der Waals surface area contributed by atoms with Crippen molar-refractivity contribution in [3.05, 3.63) is 53.2 Å². The third-order valence-corrected chi connectivity index (χ3v) is 2.89. The molecule has 1 aliphatic rings. The summed E-state index contributed by atoms with van der Waals surface area (Å²) in [6.45, 7) is 0. The SMILES string of the molecule is N#Cc1ccc2c(c1)CCC=C2c1ncon1. The molecule has 4 nitrogen and oxygen atoms in total. The molecule has 0 saturated heterocycles. The topological polar surface area (TPSA) is 62.7 Å². The Kier molecular flexibility index (Phi) is 2.23. The van der Waals surface area contributed by atoms with Gasteiger partial charge in [-0.05, 0) is 36.1 Å². The van der Waals surface area contributed by atoms with E-state index in [1.807, 2.05) is 18.2 Å². The van der Waals surface area contributed by atoms with E-state index < -0.39 is 0 Å². The minimum Gasteiger partial charge on any atom is -0.342 e. The fourth-order valence-electron chi connectivity index (χ4n) is 2.12. The lowest BCUT2D eigenvalue weighted by Gasteiger charge is -2.15. The second-order valence-electron chi connectivity index (χ2n) is 3.90. The van der Waals surface area contributed by atoms with Crippen molar-refractivity contribution in [2.75, 3.05) is 0 Å². The molecule has 0 N–H and O–H groups in total. The molecular formula is C13H9N3O. The summed E-state index contributed by atoms with van der Waals surface area (Å²) in [5, 5.41) is 12.7. The van der Waals surface area contributed by atoms with Gasteiger partial charge in [0.05, 0.1) is 11.6 Å². The lowest BCUT2D eigenvalue weighted by Crippen LogP contribution is -2.02. The minimum atomic E-state index is 0.607. The number of nitriles is 1. The third kappa shape index (κ3) is 1.62. The Morgan fingerprint density at radius 3 is 3.06 bits per heavy atom. The van der Waals surface area contributed by atoms with E-state index in [0.717, 1.165) is 24.0 Å². The van der Waals surface area contributed by atoms with Crippen molar-refractivity contribution in [1.29, 1.82) is 5.26 Å². The van der Waals surface area contributed by atoms with Crippen molar-refractivity contribution in [2.24, 2.45) is 0 Å². The van der Waals surface area contributed by atoms with Crippen molar-refractivity contribution in [2.45, 2.75) is 12.8 Å². The van der Waals surface area contributed by atoms with Crippen LogP contribution < -0.4 is 0 Å². The average molecular weight is 223 g/mol. The second kappa shape index (κ2) is 3.87. The summed E-state index contributed by atoms with van der Waals surface area (Å²) in [4.78, 5) is 4.07. The molecule has 0 fully saturated rings. The number of aromatic nitrogens is 2. The Balaban J connectivity index is 2.12. The van der Waals surface area contributed by atoms with Gasteiger partial charge in [-0.2, -0.15) is 10.2 Å². The predicted molar refractivity (Wildman–Crippen MR) is 60.9 cm³/mol. The molecule has 0 bridgehead atoms. The normalized spacial score (nSPS) is 13.7. The molecule has 1 aromatic carbocycles. The highest BCUT2D eigenvalue weighted by Gasteiger charge is 2.17. The van der Waals surface area contributed by atoms with E-state index in [2.05, 4.69) is 22.3 Å². The predicted octanol–water partition coefficient (Wildman–Crippen LogP) is 2.32. The van der Waals surface area contributed by atoms with Crippen LogP contribution in [0, 0.1) is 11.3 Å². The molecule has 0 radical (unpaired) electrons. The molecule has 0 amide bonds. The summed E-state index contributed by atoms with van der Waals surface area (Å²) in [5.74, 6) is 0.607. The van der Waals surface area contributed by atoms with Gasteiger partial charge in [0.15, 0.2) is 0 Å². The smallest absolute Gasteiger partial charge is 0.214 e. The molecule has 1 heterocycles. The van der Waals surface area contributed by atoms with Gasteiger partial charge in [0.25, 0.3) is 0 Å². The highest BCUT2D eigenvalue weighted by atomic mass is 16.5. The van der Waals surface area contributed by atoms with Crippen molar-refractivity contribution in [3.63, 3.8) is 0 Å². The Labute approximate surface area is 98.2 Å². The van der Waals surface area contributed by atoms with Gasteiger partial charge in [-0.25, -0.2) is 0 Å². The molecule has 0 saturated carbocycles. The zero-order valence-electron chi connectivity index (χ0n) is 9.05. The van der Waals surface area contributed by atoms with Gasteiger partial charge in [0.1, 0.15) is 0 Å². The van der Waals surface area contributed by atoms with E-state index in [4.69, 9.17) is 9.78 Å². The first kappa shape index (κ1) is 9.79. The summed E-state index contributed by atoms with van der Waals surface area (Å²) in [6, 6.07) is 7.86. The number of hydrogen-bond donors (Lipinski definition) is 0. The number of rotatable bonds is 1. The molecular weight excluding hydrogens is 214 g/mol. The molecule has 17 heavy (non-hydrogen) atoms. The monoisotopic (exact) mass is 223 g/mol. The lowest BCUT2D eigenvalue weighted by molar-refractivity contribution is 0.415. The van der Waals surface area contributed by atoms with Crippen LogP contribution in [0.1, 0.15) is 28.9 Å². The maximum Gasteiger partial charge on any atom is 0.214 e. The maximum atomic E-state index is 8.88. The number of fused-ring (bicyclic) bond motifs is 1. The molecule has 0 unspecified atom stereocenters. The van der Waals surface area contributed by atoms with Crippen LogP contribution in [0.15, 0.2) is 35.2 Å². The molecule has 0 aliphatic heterocycles. The molecule has 1 aromatic heterocycles. The van der Waals surface area contributed by atoms with E-state index in [1.54, 1.807) is 0 Å². The maximum absolute atomic E-state index is 8.88. The number of aryl methyl sites for hydroxylation is 1. The fraction of sp³-hybridized carbons (Fsp3) is 0.154. The summed E-state index contributed by atoms with van der Waals surface area (Å²) in [6.07, 6.45) is 5.32. The van der Waals surface area contributed by atoms with Crippen LogP contribution in [-0.4, -0.2) is 10.1 Å². The first-order valence-electron chi connectivity index (χ1n) is 5.39. The highest BCUT2D eigenvalue weighted by molar-refractivity contribution is 5.79. The van der Waals surface area contributed by atoms with E-state index in [-0.39, 0.29) is 0 Å². The van der Waals surface area contributed by atoms with Gasteiger partial charge in [-0.1, -0.05) is 17.3 Å². The van der Waals surface area contributed by atoms with Crippen LogP contribution in [-0.2, 0) is 6.42 Å². The quantitative estimate of drug-likeness (QED) is 0.744. The molecule has 3 rings (SSSR count). The van der Waals surface area contributed by atoms with Gasteiger partial charge in [-0.3, -0.25) is 0 Å². The van der Waals surface area contributed by atoms with Crippen LogP contribution in [0.5, 0.6) is 0 Å². The van der Waals surface area contributed by atoms with Gasteiger partial charge < -0.3 is 4.52 Å². The number of nitrogens with zero attached hydrogens (tertiary/aromatic N) is 3. The van der Waals surface area contributed by atoms with Crippen LogP contribution >= 0.6 is 0 Å². The largest absolute Gasteiger partial charge is 0.342 e. The molecule has 82 valence electrons. The number of hydrogen-bond acceptors (Lipinski definition) is 4. The highest BCUT2D eigenvalue weighted by Crippen LogP contribution is 2.30. The Morgan fingerprint density at radius 2 is 2.29 bits per heavy atom.